The predicted molar refractivity (Wildman–Crippen MR) is 63.9 cm³/mol. The molecule has 0 unspecified atom stereocenters. The second-order valence-electron chi connectivity index (χ2n) is 8.08. The lowest BCUT2D eigenvalue weighted by Gasteiger charge is -2.55. The van der Waals surface area contributed by atoms with Crippen molar-refractivity contribution in [1.82, 2.24) is 0 Å². The van der Waals surface area contributed by atoms with Crippen LogP contribution in [0, 0.1) is 58.2 Å². The van der Waals surface area contributed by atoms with Crippen molar-refractivity contribution in [2.75, 3.05) is 0 Å². The fourth-order valence-corrected chi connectivity index (χ4v) is 8.52. The summed E-state index contributed by atoms with van der Waals surface area (Å²) in [6.07, 6.45) is 5.60. The quantitative estimate of drug-likeness (QED) is 0.631. The summed E-state index contributed by atoms with van der Waals surface area (Å²) in [7, 11) is 0. The molecule has 7 aliphatic carbocycles. The highest BCUT2D eigenvalue weighted by atomic mass is 16.3. The molecule has 90 valence electrons. The van der Waals surface area contributed by atoms with Crippen LogP contribution in [0.25, 0.3) is 0 Å². The van der Waals surface area contributed by atoms with Crippen LogP contribution in [-0.4, -0.2) is 11.2 Å². The third kappa shape index (κ3) is 0.514. The van der Waals surface area contributed by atoms with Crippen molar-refractivity contribution in [2.24, 2.45) is 58.2 Å². The number of hydrogen-bond donors (Lipinski definition) is 1. The molecule has 6 fully saturated rings. The van der Waals surface area contributed by atoms with Gasteiger partial charge in [0.25, 0.3) is 0 Å². The third-order valence-corrected chi connectivity index (χ3v) is 8.45. The zero-order valence-corrected chi connectivity index (χ0v) is 10.5. The number of rotatable bonds is 0. The van der Waals surface area contributed by atoms with Gasteiger partial charge in [-0.3, -0.25) is 0 Å². The van der Waals surface area contributed by atoms with E-state index in [2.05, 4.69) is 26.0 Å². The molecule has 6 saturated carbocycles. The Morgan fingerprint density at radius 3 is 2.59 bits per heavy atom. The van der Waals surface area contributed by atoms with E-state index < -0.39 is 0 Å². The van der Waals surface area contributed by atoms with Crippen LogP contribution in [0.15, 0.2) is 12.2 Å². The van der Waals surface area contributed by atoms with Crippen LogP contribution in [0.3, 0.4) is 0 Å². The molecule has 0 aromatic carbocycles. The maximum atomic E-state index is 10.1. The SMILES string of the molecule is C[C@@H]1[C@H](C)[C@H]2[C@@H]3[C@@H]4[C@@H]3[C@@H]3[C@@]5(C=C[C@H](O)C[C@@]235)[C@@H]14. The van der Waals surface area contributed by atoms with Crippen molar-refractivity contribution >= 4 is 0 Å². The fourth-order valence-electron chi connectivity index (χ4n) is 8.52. The fraction of sp³-hybridized carbons (Fsp3) is 0.875. The molecule has 11 atom stereocenters. The van der Waals surface area contributed by atoms with E-state index in [1.54, 1.807) is 0 Å². The molecule has 0 saturated heterocycles. The van der Waals surface area contributed by atoms with Crippen LogP contribution >= 0.6 is 0 Å². The number of hydrogen-bond acceptors (Lipinski definition) is 1. The van der Waals surface area contributed by atoms with E-state index >= 15 is 0 Å². The topological polar surface area (TPSA) is 20.2 Å². The normalized spacial score (nSPS) is 83.6. The Morgan fingerprint density at radius 2 is 1.76 bits per heavy atom. The lowest BCUT2D eigenvalue weighted by molar-refractivity contribution is -0.0704. The number of fused-ring (bicyclic) bond motifs is 1. The first kappa shape index (κ1) is 8.74. The van der Waals surface area contributed by atoms with Gasteiger partial charge >= 0.3 is 0 Å². The predicted octanol–water partition coefficient (Wildman–Crippen LogP) is 2.32. The molecule has 0 radical (unpaired) electrons. The maximum absolute atomic E-state index is 10.1. The molecule has 2 bridgehead atoms. The average molecular weight is 228 g/mol. The van der Waals surface area contributed by atoms with Gasteiger partial charge < -0.3 is 5.11 Å². The third-order valence-electron chi connectivity index (χ3n) is 8.45. The zero-order valence-electron chi connectivity index (χ0n) is 10.5. The summed E-state index contributed by atoms with van der Waals surface area (Å²) in [5, 5.41) is 10.1. The molecule has 1 nitrogen and oxygen atoms in total. The maximum Gasteiger partial charge on any atom is 0.0726 e. The Kier molecular flexibility index (Phi) is 1.00. The van der Waals surface area contributed by atoms with Gasteiger partial charge in [0.2, 0.25) is 0 Å². The van der Waals surface area contributed by atoms with Crippen LogP contribution in [0.4, 0.5) is 0 Å². The van der Waals surface area contributed by atoms with Gasteiger partial charge in [-0.1, -0.05) is 26.0 Å². The molecule has 0 aliphatic heterocycles. The number of allylic oxidation sites excluding steroid dienone is 1. The molecule has 1 N–H and O–H groups in total. The summed E-state index contributed by atoms with van der Waals surface area (Å²) >= 11 is 0. The molecule has 7 rings (SSSR count). The average Bonchev–Trinajstić information content (AvgIpc) is 3.07. The summed E-state index contributed by atoms with van der Waals surface area (Å²) < 4.78 is 0. The van der Waals surface area contributed by atoms with Crippen molar-refractivity contribution in [3.8, 4) is 0 Å². The Balaban J connectivity index is 1.66. The van der Waals surface area contributed by atoms with E-state index in [9.17, 15) is 5.11 Å². The highest BCUT2D eigenvalue weighted by molar-refractivity contribution is 5.52. The standard InChI is InChI=1S/C16H20O/c1-6-7(2)13-10-9-11(10)14-15(12(6)9)4-3-8(17)5-16(13,14)15/h3-4,6-14,17H,5H2,1-2H3/t6-,7+,8+,9-,10-,11+,12+,13+,14-,15-,16-/m1/s1. The smallest absolute Gasteiger partial charge is 0.0726 e. The lowest BCUT2D eigenvalue weighted by atomic mass is 9.49. The molecule has 0 aromatic rings. The van der Waals surface area contributed by atoms with Crippen LogP contribution in [0.5, 0.6) is 0 Å². The van der Waals surface area contributed by atoms with Gasteiger partial charge in [-0.2, -0.15) is 0 Å². The molecule has 17 heavy (non-hydrogen) atoms. The first-order valence-electron chi connectivity index (χ1n) is 7.53. The molecule has 1 heteroatoms. The molecule has 7 aliphatic rings. The van der Waals surface area contributed by atoms with E-state index in [1.165, 1.54) is 0 Å². The summed E-state index contributed by atoms with van der Waals surface area (Å²) in [6.45, 7) is 5.03. The van der Waals surface area contributed by atoms with Gasteiger partial charge in [-0.25, -0.2) is 0 Å². The van der Waals surface area contributed by atoms with Crippen LogP contribution in [-0.2, 0) is 0 Å². The summed E-state index contributed by atoms with van der Waals surface area (Å²) in [5.74, 6) is 8.12. The van der Waals surface area contributed by atoms with Gasteiger partial charge in [0.1, 0.15) is 0 Å². The Morgan fingerprint density at radius 1 is 1.06 bits per heavy atom. The van der Waals surface area contributed by atoms with Gasteiger partial charge in [-0.05, 0) is 59.2 Å². The Hall–Kier alpha value is -0.300. The highest BCUT2D eigenvalue weighted by Gasteiger charge is 3.01. The summed E-state index contributed by atoms with van der Waals surface area (Å²) in [5.41, 5.74) is 1.18. The Labute approximate surface area is 102 Å². The van der Waals surface area contributed by atoms with Crippen molar-refractivity contribution in [3.63, 3.8) is 0 Å². The van der Waals surface area contributed by atoms with Crippen molar-refractivity contribution < 1.29 is 5.11 Å². The summed E-state index contributed by atoms with van der Waals surface area (Å²) in [4.78, 5) is 0. The van der Waals surface area contributed by atoms with E-state index in [0.29, 0.717) is 10.8 Å². The van der Waals surface area contributed by atoms with Gasteiger partial charge in [0.05, 0.1) is 6.10 Å². The molecular weight excluding hydrogens is 208 g/mol. The van der Waals surface area contributed by atoms with Crippen LogP contribution in [0.1, 0.15) is 20.3 Å². The summed E-state index contributed by atoms with van der Waals surface area (Å²) in [6, 6.07) is 0. The van der Waals surface area contributed by atoms with E-state index in [0.717, 1.165) is 53.8 Å². The second kappa shape index (κ2) is 1.95. The van der Waals surface area contributed by atoms with E-state index in [4.69, 9.17) is 0 Å². The molecule has 2 spiro atoms. The molecule has 0 amide bonds. The Bertz CT molecular complexity index is 496. The van der Waals surface area contributed by atoms with Gasteiger partial charge in [0.15, 0.2) is 0 Å². The minimum absolute atomic E-state index is 0.133. The van der Waals surface area contributed by atoms with E-state index in [-0.39, 0.29) is 6.10 Å². The largest absolute Gasteiger partial charge is 0.389 e. The lowest BCUT2D eigenvalue weighted by Crippen LogP contribution is -2.52. The molecule has 0 aromatic heterocycles. The van der Waals surface area contributed by atoms with Crippen molar-refractivity contribution in [3.05, 3.63) is 12.2 Å². The minimum Gasteiger partial charge on any atom is -0.389 e. The van der Waals surface area contributed by atoms with Gasteiger partial charge in [-0.15, -0.1) is 0 Å². The number of aliphatic hydroxyl groups is 1. The van der Waals surface area contributed by atoms with Crippen LogP contribution in [0.2, 0.25) is 0 Å². The van der Waals surface area contributed by atoms with Crippen molar-refractivity contribution in [2.45, 2.75) is 26.4 Å². The highest BCUT2D eigenvalue weighted by Crippen LogP contribution is 3.04. The monoisotopic (exact) mass is 228 g/mol. The van der Waals surface area contributed by atoms with Crippen molar-refractivity contribution in [1.29, 1.82) is 0 Å². The number of aliphatic hydroxyl groups excluding tert-OH is 1. The van der Waals surface area contributed by atoms with E-state index in [1.807, 2.05) is 0 Å². The first-order chi connectivity index (χ1) is 8.16. The second-order valence-corrected chi connectivity index (χ2v) is 8.08. The first-order valence-corrected chi connectivity index (χ1v) is 7.53. The van der Waals surface area contributed by atoms with Gasteiger partial charge in [0, 0.05) is 5.41 Å². The molecular formula is C16H20O. The minimum atomic E-state index is -0.133. The zero-order chi connectivity index (χ0) is 11.3. The molecule has 0 heterocycles. The van der Waals surface area contributed by atoms with Crippen LogP contribution < -0.4 is 0 Å².